The Kier molecular flexibility index (Phi) is 35.4. The SMILES string of the molecule is C=CC(=O)Nc1ccc(C(=O)N2CC[C@@H](Cc3cnc(C(F)(F)F)cn3)C2)cc1.C=CC(=O)Nc1ccc(C(=O)O)cc1.CC(C)(C)OC(=O)N1CC[C@@H](Cc2cnc(C(F)(F)F)cn2)C1.CC(C)(C)OC(=O)N1CC[C@@H](N)C1.FC(F)(F)c1cnc(C[C@@H]2CCNC2)cn1.FC(F)(F)c1cnc(Cl)cn1.O=CC(F)(F)F. The molecule has 6 aromatic rings. The average molecular weight is 1620 g/mol. The van der Waals surface area contributed by atoms with Crippen LogP contribution in [0, 0.1) is 17.8 Å². The van der Waals surface area contributed by atoms with Crippen LogP contribution in [0.3, 0.4) is 0 Å². The van der Waals surface area contributed by atoms with Crippen LogP contribution in [0.1, 0.15) is 128 Å². The predicted molar refractivity (Wildman–Crippen MR) is 375 cm³/mol. The number of benzene rings is 2. The molecule has 4 atom stereocenters. The number of nitrogens with zero attached hydrogens (tertiary/aromatic N) is 11. The zero-order chi connectivity index (χ0) is 84.2. The Morgan fingerprint density at radius 3 is 1.16 bits per heavy atom. The van der Waals surface area contributed by atoms with Crippen molar-refractivity contribution in [1.29, 1.82) is 0 Å². The van der Waals surface area contributed by atoms with E-state index >= 15 is 0 Å². The molecule has 41 heteroatoms. The Labute approximate surface area is 637 Å². The highest BCUT2D eigenvalue weighted by atomic mass is 35.5. The minimum Gasteiger partial charge on any atom is -0.478 e. The van der Waals surface area contributed by atoms with Gasteiger partial charge < -0.3 is 51.0 Å². The Morgan fingerprint density at radius 1 is 0.509 bits per heavy atom. The number of aromatic carboxylic acids is 1. The van der Waals surface area contributed by atoms with Gasteiger partial charge in [0.1, 0.15) is 16.4 Å². The molecule has 112 heavy (non-hydrogen) atoms. The molecule has 0 radical (unpaired) electrons. The molecule has 4 fully saturated rings. The van der Waals surface area contributed by atoms with Crippen molar-refractivity contribution in [3.05, 3.63) is 180 Å². The standard InChI is InChI=1S/C20H19F3N4O2.C15H20F3N3O2.C10H12F3N3.C10H9NO3.C9H18N2O2.C5H2ClF3N2.C2HF3O/c1-2-18(28)26-15-5-3-14(4-6-15)19(29)27-8-7-13(12-27)9-16-10-25-17(11-24-16)20(21,22)23;1-14(2,3)23-13(22)21-5-4-10(9-21)6-11-7-20-12(8-19-11)15(16,17)18;11-10(12,13)9-6-15-8(5-16-9)3-7-1-2-14-4-7;1-2-9(12)11-8-5-3-7(4-6-8)10(13)14;1-9(2,3)13-8(12)11-5-4-7(10)6-11;6-4-2-10-3(1-11-4)5(7,8)9;3-2(4,5)1-6/h2-6,10-11,13H,1,7-9,12H2,(H,26,28);7-8,10H,4-6,9H2,1-3H3;5-7,14H,1-4H2;2-6H,1H2,(H,11,12)(H,13,14);7H,4-6,10H2,1-3H3;1-2H;1H/t13-;10-;7-;;7-;;/m000.1../s1. The van der Waals surface area contributed by atoms with E-state index in [1.54, 1.807) is 59.7 Å². The minimum absolute atomic E-state index is 0.0574. The zero-order valence-corrected chi connectivity index (χ0v) is 61.7. The molecule has 2 aromatic carbocycles. The lowest BCUT2D eigenvalue weighted by atomic mass is 10.0. The number of hydrogen-bond donors (Lipinski definition) is 5. The fourth-order valence-electron chi connectivity index (χ4n) is 9.97. The van der Waals surface area contributed by atoms with E-state index < -0.39 is 77.1 Å². The summed E-state index contributed by atoms with van der Waals surface area (Å²) in [4.78, 5) is 110. The van der Waals surface area contributed by atoms with Gasteiger partial charge >= 0.3 is 49.0 Å². The molecule has 8 heterocycles. The smallest absolute Gasteiger partial charge is 0.446 e. The Hall–Kier alpha value is -10.5. The molecule has 612 valence electrons. The van der Waals surface area contributed by atoms with Crippen molar-refractivity contribution in [3.8, 4) is 0 Å². The van der Waals surface area contributed by atoms with Crippen molar-refractivity contribution in [1.82, 2.24) is 59.9 Å². The normalized spacial score (nSPS) is 16.8. The van der Waals surface area contributed by atoms with Crippen molar-refractivity contribution in [3.63, 3.8) is 0 Å². The third kappa shape index (κ3) is 35.7. The van der Waals surface area contributed by atoms with Crippen LogP contribution >= 0.6 is 11.6 Å². The molecule has 0 aliphatic carbocycles. The van der Waals surface area contributed by atoms with Crippen LogP contribution in [-0.2, 0) is 67.8 Å². The lowest BCUT2D eigenvalue weighted by molar-refractivity contribution is -0.156. The highest BCUT2D eigenvalue weighted by Gasteiger charge is 2.38. The first-order valence-corrected chi connectivity index (χ1v) is 34.1. The van der Waals surface area contributed by atoms with Crippen molar-refractivity contribution in [2.75, 3.05) is 63.0 Å². The number of likely N-dealkylation sites (tertiary alicyclic amines) is 3. The van der Waals surface area contributed by atoms with Crippen LogP contribution in [0.15, 0.2) is 123 Å². The molecule has 4 aliphatic heterocycles. The van der Waals surface area contributed by atoms with Crippen molar-refractivity contribution in [2.45, 2.75) is 135 Å². The van der Waals surface area contributed by atoms with E-state index in [9.17, 15) is 94.6 Å². The monoisotopic (exact) mass is 1620 g/mol. The fourth-order valence-corrected chi connectivity index (χ4v) is 10.1. The van der Waals surface area contributed by atoms with Gasteiger partial charge in [-0.15, -0.1) is 0 Å². The first-order valence-electron chi connectivity index (χ1n) is 33.7. The summed E-state index contributed by atoms with van der Waals surface area (Å²) in [5.41, 5.74) is 4.11. The average Bonchev–Trinajstić information content (AvgIpc) is 1.67. The number of carboxylic acids is 1. The molecule has 0 saturated carbocycles. The van der Waals surface area contributed by atoms with E-state index in [1.807, 2.05) is 20.8 Å². The Bertz CT molecular complexity index is 4020. The summed E-state index contributed by atoms with van der Waals surface area (Å²) in [6.45, 7) is 23.0. The first kappa shape index (κ1) is 93.9. The number of nitrogens with one attached hydrogen (secondary N) is 3. The third-order valence-corrected chi connectivity index (χ3v) is 15.4. The topological polar surface area (TPSA) is 333 Å². The van der Waals surface area contributed by atoms with Crippen LogP contribution in [-0.4, -0.2) is 178 Å². The van der Waals surface area contributed by atoms with E-state index in [4.69, 9.17) is 36.7 Å². The number of carbonyl (C=O) groups excluding carboxylic acids is 6. The molecule has 5 amide bonds. The molecular formula is C71H81ClF15N15O10. The van der Waals surface area contributed by atoms with Gasteiger partial charge in [-0.1, -0.05) is 24.8 Å². The largest absolute Gasteiger partial charge is 0.478 e. The molecule has 25 nitrogen and oxygen atoms in total. The molecule has 4 aliphatic rings. The van der Waals surface area contributed by atoms with Gasteiger partial charge in [-0.05, 0) is 178 Å². The number of carbonyl (C=O) groups is 7. The van der Waals surface area contributed by atoms with Gasteiger partial charge in [0.15, 0.2) is 22.8 Å². The number of alkyl halides is 15. The van der Waals surface area contributed by atoms with Gasteiger partial charge in [-0.25, -0.2) is 39.3 Å². The molecule has 0 unspecified atom stereocenters. The van der Waals surface area contributed by atoms with E-state index in [1.165, 1.54) is 30.5 Å². The van der Waals surface area contributed by atoms with E-state index in [2.05, 4.69) is 69.0 Å². The Balaban J connectivity index is 0.000000288. The van der Waals surface area contributed by atoms with Gasteiger partial charge in [0.05, 0.1) is 53.6 Å². The van der Waals surface area contributed by atoms with Crippen molar-refractivity contribution in [2.24, 2.45) is 23.5 Å². The van der Waals surface area contributed by atoms with Crippen molar-refractivity contribution >= 4 is 65.1 Å². The zero-order valence-electron chi connectivity index (χ0n) is 61.0. The van der Waals surface area contributed by atoms with Crippen molar-refractivity contribution < 1.29 is 114 Å². The fraction of sp³-hybridized carbons (Fsp3) is 0.451. The van der Waals surface area contributed by atoms with Crippen LogP contribution in [0.4, 0.5) is 86.8 Å². The predicted octanol–water partition coefficient (Wildman–Crippen LogP) is 13.6. The van der Waals surface area contributed by atoms with Crippen LogP contribution in [0.25, 0.3) is 0 Å². The first-order chi connectivity index (χ1) is 51.9. The second-order valence-corrected chi connectivity index (χ2v) is 27.2. The maximum atomic E-state index is 12.7. The molecule has 0 bridgehead atoms. The molecular weight excluding hydrogens is 1540 g/mol. The second-order valence-electron chi connectivity index (χ2n) is 26.8. The highest BCUT2D eigenvalue weighted by molar-refractivity contribution is 6.29. The van der Waals surface area contributed by atoms with E-state index in [0.717, 1.165) is 94.7 Å². The summed E-state index contributed by atoms with van der Waals surface area (Å²) in [6, 6.07) is 12.5. The lowest BCUT2D eigenvalue weighted by Gasteiger charge is -2.24. The number of amides is 5. The van der Waals surface area contributed by atoms with Gasteiger partial charge in [0.2, 0.25) is 18.1 Å². The number of ether oxygens (including phenoxy) is 2. The number of nitrogens with two attached hydrogens (primary N) is 1. The minimum atomic E-state index is -4.64. The third-order valence-electron chi connectivity index (χ3n) is 15.2. The van der Waals surface area contributed by atoms with Gasteiger partial charge in [-0.2, -0.15) is 65.9 Å². The van der Waals surface area contributed by atoms with Crippen LogP contribution in [0.2, 0.25) is 5.15 Å². The molecule has 10 rings (SSSR count). The maximum absolute atomic E-state index is 12.7. The van der Waals surface area contributed by atoms with Gasteiger partial charge in [0.25, 0.3) is 5.91 Å². The summed E-state index contributed by atoms with van der Waals surface area (Å²) < 4.78 is 189. The Morgan fingerprint density at radius 2 is 0.857 bits per heavy atom. The van der Waals surface area contributed by atoms with Gasteiger partial charge in [-0.3, -0.25) is 34.1 Å². The maximum Gasteiger partial charge on any atom is 0.446 e. The van der Waals surface area contributed by atoms with E-state index in [-0.39, 0.29) is 58.5 Å². The summed E-state index contributed by atoms with van der Waals surface area (Å²) in [6.07, 6.45) is -9.54. The summed E-state index contributed by atoms with van der Waals surface area (Å²) in [5.74, 6) is -1.07. The van der Waals surface area contributed by atoms with Crippen LogP contribution in [0.5, 0.6) is 0 Å². The van der Waals surface area contributed by atoms with Crippen LogP contribution < -0.4 is 21.7 Å². The number of carboxylic acid groups (broad SMARTS) is 1. The quantitative estimate of drug-likeness (QED) is 0.0432. The molecule has 6 N–H and O–H groups in total. The number of aromatic nitrogens is 8. The van der Waals surface area contributed by atoms with Gasteiger partial charge in [0, 0.05) is 80.8 Å². The number of halogens is 16. The number of hydrogen-bond acceptors (Lipinski definition) is 19. The molecule has 4 aromatic heterocycles. The number of aldehydes is 1. The summed E-state index contributed by atoms with van der Waals surface area (Å²) >= 11 is 5.22. The second kappa shape index (κ2) is 42.2. The summed E-state index contributed by atoms with van der Waals surface area (Å²) in [5, 5.41) is 16.9. The summed E-state index contributed by atoms with van der Waals surface area (Å²) in [7, 11) is 0. The lowest BCUT2D eigenvalue weighted by Crippen LogP contribution is -2.36. The number of anilines is 2. The van der Waals surface area contributed by atoms with E-state index in [0.29, 0.717) is 98.1 Å². The molecule has 4 saturated heterocycles. The highest BCUT2D eigenvalue weighted by Crippen LogP contribution is 2.32. The number of rotatable bonds is 12. The molecule has 0 spiro atoms.